The zero-order chi connectivity index (χ0) is 19.6. The molecule has 1 aromatic heterocycles. The van der Waals surface area contributed by atoms with Gasteiger partial charge in [-0.05, 0) is 43.7 Å². The lowest BCUT2D eigenvalue weighted by atomic mass is 9.73. The number of benzene rings is 1. The summed E-state index contributed by atoms with van der Waals surface area (Å²) in [5, 5.41) is 14.0. The smallest absolute Gasteiger partial charge is 0.276 e. The fourth-order valence-electron chi connectivity index (χ4n) is 4.77. The molecule has 2 aromatic rings. The van der Waals surface area contributed by atoms with E-state index in [2.05, 4.69) is 5.16 Å². The summed E-state index contributed by atoms with van der Waals surface area (Å²) in [4.78, 5) is 15.1. The zero-order valence-electron chi connectivity index (χ0n) is 16.4. The van der Waals surface area contributed by atoms with Crippen LogP contribution in [-0.4, -0.2) is 40.3 Å². The van der Waals surface area contributed by atoms with E-state index in [0.29, 0.717) is 23.6 Å². The topological polar surface area (TPSA) is 75.8 Å². The molecule has 0 bridgehead atoms. The van der Waals surface area contributed by atoms with Crippen LogP contribution in [0, 0.1) is 12.3 Å². The maximum atomic E-state index is 13.3. The van der Waals surface area contributed by atoms with Gasteiger partial charge in [0, 0.05) is 6.54 Å². The summed E-state index contributed by atoms with van der Waals surface area (Å²) in [6, 6.07) is 9.34. The average Bonchev–Trinajstić information content (AvgIpc) is 3.27. The van der Waals surface area contributed by atoms with Crippen molar-refractivity contribution in [3.63, 3.8) is 0 Å². The minimum Gasteiger partial charge on any atom is -0.489 e. The Kier molecular flexibility index (Phi) is 5.40. The van der Waals surface area contributed by atoms with Crippen LogP contribution in [-0.2, 0) is 6.61 Å². The number of nitrogens with zero attached hydrogens (tertiary/aromatic N) is 2. The molecule has 1 amide bonds. The number of hydrogen-bond acceptors (Lipinski definition) is 5. The number of para-hydroxylation sites is 1. The first-order valence-electron chi connectivity index (χ1n) is 10.2. The second kappa shape index (κ2) is 7.95. The third-order valence-electron chi connectivity index (χ3n) is 6.31. The highest BCUT2D eigenvalue weighted by Crippen LogP contribution is 2.46. The minimum atomic E-state index is -0.162. The monoisotopic (exact) mass is 384 g/mol. The van der Waals surface area contributed by atoms with Gasteiger partial charge >= 0.3 is 0 Å². The highest BCUT2D eigenvalue weighted by Gasteiger charge is 2.46. The van der Waals surface area contributed by atoms with Gasteiger partial charge in [0.15, 0.2) is 5.69 Å². The van der Waals surface area contributed by atoms with Gasteiger partial charge in [-0.25, -0.2) is 0 Å². The largest absolute Gasteiger partial charge is 0.489 e. The highest BCUT2D eigenvalue weighted by molar-refractivity contribution is 5.94. The molecule has 4 rings (SSSR count). The van der Waals surface area contributed by atoms with Gasteiger partial charge < -0.3 is 19.3 Å². The SMILES string of the molecule is Cc1onc(C(=O)N2CC3(CCCCC3)C[C@@H]2CO)c1COc1ccccc1. The molecular formula is C22H28N2O4. The van der Waals surface area contributed by atoms with Crippen LogP contribution in [0.3, 0.4) is 0 Å². The molecular weight excluding hydrogens is 356 g/mol. The maximum absolute atomic E-state index is 13.3. The van der Waals surface area contributed by atoms with Crippen molar-refractivity contribution < 1.29 is 19.2 Å². The molecule has 6 nitrogen and oxygen atoms in total. The molecule has 0 radical (unpaired) electrons. The number of likely N-dealkylation sites (tertiary alicyclic amines) is 1. The minimum absolute atomic E-state index is 0.0137. The number of amides is 1. The maximum Gasteiger partial charge on any atom is 0.276 e. The number of aromatic nitrogens is 1. The van der Waals surface area contributed by atoms with Crippen molar-refractivity contribution in [1.82, 2.24) is 10.1 Å². The Labute approximate surface area is 165 Å². The molecule has 1 saturated carbocycles. The fourth-order valence-corrected chi connectivity index (χ4v) is 4.77. The van der Waals surface area contributed by atoms with Crippen LogP contribution in [0.1, 0.15) is 60.3 Å². The van der Waals surface area contributed by atoms with E-state index >= 15 is 0 Å². The first-order chi connectivity index (χ1) is 13.6. The predicted molar refractivity (Wildman–Crippen MR) is 104 cm³/mol. The molecule has 0 unspecified atom stereocenters. The molecule has 1 saturated heterocycles. The van der Waals surface area contributed by atoms with Crippen molar-refractivity contribution in [3.05, 3.63) is 47.3 Å². The summed E-state index contributed by atoms with van der Waals surface area (Å²) >= 11 is 0. The van der Waals surface area contributed by atoms with Crippen molar-refractivity contribution in [2.24, 2.45) is 5.41 Å². The number of ether oxygens (including phenoxy) is 1. The Morgan fingerprint density at radius 2 is 2.04 bits per heavy atom. The molecule has 1 aliphatic carbocycles. The molecule has 2 aliphatic rings. The lowest BCUT2D eigenvalue weighted by Crippen LogP contribution is -2.39. The number of rotatable bonds is 5. The van der Waals surface area contributed by atoms with Gasteiger partial charge in [0.05, 0.1) is 18.2 Å². The Balaban J connectivity index is 1.53. The van der Waals surface area contributed by atoms with Crippen LogP contribution < -0.4 is 4.74 Å². The fraction of sp³-hybridized carbons (Fsp3) is 0.545. The van der Waals surface area contributed by atoms with E-state index in [9.17, 15) is 9.90 Å². The first-order valence-corrected chi connectivity index (χ1v) is 10.2. The Hall–Kier alpha value is -2.34. The van der Waals surface area contributed by atoms with Gasteiger partial charge in [-0.3, -0.25) is 4.79 Å². The normalized spacial score (nSPS) is 21.2. The summed E-state index contributed by atoms with van der Waals surface area (Å²) in [5.74, 6) is 1.16. The number of hydrogen-bond donors (Lipinski definition) is 1. The molecule has 6 heteroatoms. The molecule has 28 heavy (non-hydrogen) atoms. The summed E-state index contributed by atoms with van der Waals surface area (Å²) in [6.07, 6.45) is 6.83. The van der Waals surface area contributed by atoms with E-state index < -0.39 is 0 Å². The van der Waals surface area contributed by atoms with E-state index in [0.717, 1.165) is 25.0 Å². The molecule has 2 heterocycles. The van der Waals surface area contributed by atoms with Crippen molar-refractivity contribution >= 4 is 5.91 Å². The quantitative estimate of drug-likeness (QED) is 0.850. The summed E-state index contributed by atoms with van der Waals surface area (Å²) < 4.78 is 11.2. The Morgan fingerprint density at radius 3 is 2.75 bits per heavy atom. The predicted octanol–water partition coefficient (Wildman–Crippen LogP) is 3.72. The van der Waals surface area contributed by atoms with Crippen LogP contribution in [0.2, 0.25) is 0 Å². The molecule has 1 spiro atoms. The summed E-state index contributed by atoms with van der Waals surface area (Å²) in [5.41, 5.74) is 1.13. The molecule has 1 aliphatic heterocycles. The lowest BCUT2D eigenvalue weighted by Gasteiger charge is -2.33. The number of carbonyl (C=O) groups is 1. The molecule has 1 atom stereocenters. The van der Waals surface area contributed by atoms with Gasteiger partial charge in [-0.2, -0.15) is 0 Å². The Morgan fingerprint density at radius 1 is 1.29 bits per heavy atom. The van der Waals surface area contributed by atoms with Crippen molar-refractivity contribution in [1.29, 1.82) is 0 Å². The standard InChI is InChI=1S/C22H28N2O4/c1-16-19(14-27-18-8-4-2-5-9-18)20(23-28-16)21(26)24-15-22(12-17(24)13-25)10-6-3-7-11-22/h2,4-5,8-9,17,25H,3,6-7,10-15H2,1H3/t17-/m1/s1. The highest BCUT2D eigenvalue weighted by atomic mass is 16.5. The Bertz CT molecular complexity index is 811. The molecule has 1 aromatic carbocycles. The average molecular weight is 384 g/mol. The second-order valence-electron chi connectivity index (χ2n) is 8.20. The number of carbonyl (C=O) groups excluding carboxylic acids is 1. The second-order valence-corrected chi connectivity index (χ2v) is 8.20. The molecule has 1 N–H and O–H groups in total. The van der Waals surface area contributed by atoms with E-state index in [1.807, 2.05) is 35.2 Å². The lowest BCUT2D eigenvalue weighted by molar-refractivity contribution is 0.0649. The van der Waals surface area contributed by atoms with Gasteiger partial charge in [0.1, 0.15) is 18.1 Å². The van der Waals surface area contributed by atoms with E-state index in [4.69, 9.17) is 9.26 Å². The van der Waals surface area contributed by atoms with E-state index in [1.54, 1.807) is 6.92 Å². The van der Waals surface area contributed by atoms with Crippen LogP contribution >= 0.6 is 0 Å². The van der Waals surface area contributed by atoms with Gasteiger partial charge in [0.25, 0.3) is 5.91 Å². The van der Waals surface area contributed by atoms with E-state index in [-0.39, 0.29) is 30.6 Å². The van der Waals surface area contributed by atoms with Crippen LogP contribution in [0.4, 0.5) is 0 Å². The van der Waals surface area contributed by atoms with Crippen LogP contribution in [0.15, 0.2) is 34.9 Å². The van der Waals surface area contributed by atoms with Gasteiger partial charge in [-0.15, -0.1) is 0 Å². The summed E-state index contributed by atoms with van der Waals surface area (Å²) in [7, 11) is 0. The van der Waals surface area contributed by atoms with E-state index in [1.165, 1.54) is 19.3 Å². The van der Waals surface area contributed by atoms with Crippen LogP contribution in [0.25, 0.3) is 0 Å². The summed E-state index contributed by atoms with van der Waals surface area (Å²) in [6.45, 7) is 2.70. The number of aliphatic hydroxyl groups excluding tert-OH is 1. The molecule has 150 valence electrons. The zero-order valence-corrected chi connectivity index (χ0v) is 16.4. The number of aryl methyl sites for hydroxylation is 1. The first kappa shape index (κ1) is 19.0. The number of aliphatic hydroxyl groups is 1. The van der Waals surface area contributed by atoms with Crippen molar-refractivity contribution in [2.45, 2.75) is 58.1 Å². The van der Waals surface area contributed by atoms with Gasteiger partial charge in [0.2, 0.25) is 0 Å². The third kappa shape index (κ3) is 3.65. The van der Waals surface area contributed by atoms with Crippen molar-refractivity contribution in [3.8, 4) is 5.75 Å². The molecule has 2 fully saturated rings. The van der Waals surface area contributed by atoms with Crippen LogP contribution in [0.5, 0.6) is 5.75 Å². The van der Waals surface area contributed by atoms with Crippen molar-refractivity contribution in [2.75, 3.05) is 13.2 Å². The van der Waals surface area contributed by atoms with Gasteiger partial charge in [-0.1, -0.05) is 42.6 Å². The third-order valence-corrected chi connectivity index (χ3v) is 6.31.